The molecule has 21 heavy (non-hydrogen) atoms. The van der Waals surface area contributed by atoms with Crippen LogP contribution < -0.4 is 15.8 Å². The zero-order valence-corrected chi connectivity index (χ0v) is 13.6. The van der Waals surface area contributed by atoms with E-state index < -0.39 is 5.91 Å². The number of nitrogens with zero attached hydrogens (tertiary/aromatic N) is 2. The molecular formula is C12H19ClN4O3S. The summed E-state index contributed by atoms with van der Waals surface area (Å²) < 4.78 is 9.49. The normalized spacial score (nSPS) is 10.2. The highest BCUT2D eigenvalue weighted by molar-refractivity contribution is 7.11. The molecule has 0 bridgehead atoms. The Morgan fingerprint density at radius 3 is 2.67 bits per heavy atom. The molecule has 0 unspecified atom stereocenters. The van der Waals surface area contributed by atoms with Gasteiger partial charge >= 0.3 is 6.03 Å². The molecule has 0 fully saturated rings. The number of carbonyl (C=O) groups excluding carboxylic acids is 2. The maximum absolute atomic E-state index is 11.6. The number of nitrogens with two attached hydrogens (primary N) is 1. The third-order valence-corrected chi connectivity index (χ3v) is 3.56. The van der Waals surface area contributed by atoms with Gasteiger partial charge in [0.05, 0.1) is 6.61 Å². The lowest BCUT2D eigenvalue weighted by Crippen LogP contribution is -2.28. The molecule has 9 heteroatoms. The number of rotatable bonds is 8. The lowest BCUT2D eigenvalue weighted by Gasteiger charge is -2.11. The number of aromatic nitrogens is 1. The van der Waals surface area contributed by atoms with Crippen molar-refractivity contribution in [3.8, 4) is 5.88 Å². The monoisotopic (exact) mass is 334 g/mol. The van der Waals surface area contributed by atoms with Crippen LogP contribution in [0.15, 0.2) is 0 Å². The van der Waals surface area contributed by atoms with Crippen LogP contribution in [0.2, 0.25) is 0 Å². The van der Waals surface area contributed by atoms with Gasteiger partial charge in [-0.25, -0.2) is 4.79 Å². The second-order valence-electron chi connectivity index (χ2n) is 4.48. The molecule has 118 valence electrons. The minimum absolute atomic E-state index is 0.104. The van der Waals surface area contributed by atoms with Crippen molar-refractivity contribution in [3.05, 3.63) is 5.56 Å². The fourth-order valence-electron chi connectivity index (χ4n) is 1.43. The number of anilines is 1. The topological polar surface area (TPSA) is 97.6 Å². The number of nitrogens with one attached hydrogen (secondary N) is 1. The van der Waals surface area contributed by atoms with Crippen LogP contribution in [-0.2, 0) is 0 Å². The average Bonchev–Trinajstić information content (AvgIpc) is 2.81. The number of urea groups is 1. The standard InChI is InChI=1S/C12H19ClN4O3S/c1-17(2)12(19)15-11-8(9(14)18)10(16-21-11)20-7-5-3-4-6-13/h3-7H2,1-2H3,(H2,14,18)(H,15,19). The molecule has 0 saturated carbocycles. The van der Waals surface area contributed by atoms with Gasteiger partial charge in [0.2, 0.25) is 5.88 Å². The number of amides is 3. The molecule has 0 aliphatic heterocycles. The molecule has 1 aromatic heterocycles. The first-order valence-electron chi connectivity index (χ1n) is 6.44. The van der Waals surface area contributed by atoms with E-state index in [1.54, 1.807) is 14.1 Å². The minimum Gasteiger partial charge on any atom is -0.476 e. The van der Waals surface area contributed by atoms with E-state index in [1.807, 2.05) is 0 Å². The van der Waals surface area contributed by atoms with Crippen LogP contribution in [0, 0.1) is 0 Å². The molecule has 0 radical (unpaired) electrons. The predicted molar refractivity (Wildman–Crippen MR) is 83.4 cm³/mol. The zero-order chi connectivity index (χ0) is 15.8. The van der Waals surface area contributed by atoms with Crippen molar-refractivity contribution in [3.63, 3.8) is 0 Å². The van der Waals surface area contributed by atoms with E-state index in [1.165, 1.54) is 4.90 Å². The minimum atomic E-state index is -0.687. The fourth-order valence-corrected chi connectivity index (χ4v) is 2.35. The molecule has 0 aliphatic carbocycles. The summed E-state index contributed by atoms with van der Waals surface area (Å²) in [6.07, 6.45) is 2.65. The number of hydrogen-bond acceptors (Lipinski definition) is 5. The summed E-state index contributed by atoms with van der Waals surface area (Å²) in [5.41, 5.74) is 5.43. The Morgan fingerprint density at radius 2 is 2.10 bits per heavy atom. The van der Waals surface area contributed by atoms with Gasteiger partial charge in [-0.3, -0.25) is 10.1 Å². The largest absolute Gasteiger partial charge is 0.476 e. The summed E-state index contributed by atoms with van der Waals surface area (Å²) in [6, 6.07) is -0.366. The lowest BCUT2D eigenvalue weighted by atomic mass is 10.2. The highest BCUT2D eigenvalue weighted by Gasteiger charge is 2.22. The van der Waals surface area contributed by atoms with Crippen LogP contribution in [0.5, 0.6) is 5.88 Å². The first kappa shape index (κ1) is 17.5. The highest BCUT2D eigenvalue weighted by Crippen LogP contribution is 2.30. The van der Waals surface area contributed by atoms with Crippen LogP contribution >= 0.6 is 23.1 Å². The van der Waals surface area contributed by atoms with Gasteiger partial charge in [0.15, 0.2) is 0 Å². The van der Waals surface area contributed by atoms with Gasteiger partial charge < -0.3 is 15.4 Å². The molecule has 0 spiro atoms. The molecule has 3 amide bonds. The van der Waals surface area contributed by atoms with Gasteiger partial charge in [-0.15, -0.1) is 11.6 Å². The van der Waals surface area contributed by atoms with Gasteiger partial charge in [0.25, 0.3) is 5.91 Å². The second-order valence-corrected chi connectivity index (χ2v) is 5.63. The van der Waals surface area contributed by atoms with Gasteiger partial charge in [-0.2, -0.15) is 4.37 Å². The summed E-state index contributed by atoms with van der Waals surface area (Å²) in [7, 11) is 3.18. The summed E-state index contributed by atoms with van der Waals surface area (Å²) in [5, 5.41) is 2.86. The molecule has 0 aliphatic rings. The van der Waals surface area contributed by atoms with Crippen LogP contribution in [0.4, 0.5) is 9.80 Å². The van der Waals surface area contributed by atoms with E-state index >= 15 is 0 Å². The molecule has 7 nitrogen and oxygen atoms in total. The quantitative estimate of drug-likeness (QED) is 0.562. The molecule has 0 saturated heterocycles. The van der Waals surface area contributed by atoms with Crippen molar-refractivity contribution in [2.45, 2.75) is 19.3 Å². The first-order valence-corrected chi connectivity index (χ1v) is 7.74. The van der Waals surface area contributed by atoms with Gasteiger partial charge in [-0.1, -0.05) is 0 Å². The van der Waals surface area contributed by atoms with Crippen molar-refractivity contribution >= 4 is 40.1 Å². The lowest BCUT2D eigenvalue weighted by molar-refractivity contribution is 0.0997. The molecule has 1 aromatic rings. The molecule has 3 N–H and O–H groups in total. The maximum atomic E-state index is 11.6. The van der Waals surface area contributed by atoms with Gasteiger partial charge in [0, 0.05) is 20.0 Å². The number of primary amides is 1. The van der Waals surface area contributed by atoms with E-state index in [-0.39, 0.29) is 22.5 Å². The maximum Gasteiger partial charge on any atom is 0.321 e. The molecule has 1 rings (SSSR count). The van der Waals surface area contributed by atoms with Crippen molar-refractivity contribution in [2.75, 3.05) is 31.9 Å². The average molecular weight is 335 g/mol. The molecular weight excluding hydrogens is 316 g/mol. The van der Waals surface area contributed by atoms with E-state index in [4.69, 9.17) is 22.1 Å². The summed E-state index contributed by atoms with van der Waals surface area (Å²) in [5.74, 6) is 0.0882. The smallest absolute Gasteiger partial charge is 0.321 e. The summed E-state index contributed by atoms with van der Waals surface area (Å²) >= 11 is 6.55. The van der Waals surface area contributed by atoms with Crippen LogP contribution in [0.1, 0.15) is 29.6 Å². The predicted octanol–water partition coefficient (Wildman–Crippen LogP) is 2.12. The van der Waals surface area contributed by atoms with Crippen molar-refractivity contribution < 1.29 is 14.3 Å². The Labute approximate surface area is 132 Å². The number of alkyl halides is 1. The summed E-state index contributed by atoms with van der Waals surface area (Å²) in [4.78, 5) is 24.5. The Balaban J connectivity index is 2.70. The van der Waals surface area contributed by atoms with E-state index in [9.17, 15) is 9.59 Å². The third-order valence-electron chi connectivity index (χ3n) is 2.55. The van der Waals surface area contributed by atoms with Crippen LogP contribution in [-0.4, -0.2) is 47.8 Å². The van der Waals surface area contributed by atoms with Crippen molar-refractivity contribution in [1.29, 1.82) is 0 Å². The van der Waals surface area contributed by atoms with Crippen LogP contribution in [0.25, 0.3) is 0 Å². The van der Waals surface area contributed by atoms with Gasteiger partial charge in [0.1, 0.15) is 10.6 Å². The molecule has 1 heterocycles. The Kier molecular flexibility index (Phi) is 7.24. The Bertz CT molecular complexity index is 493. The highest BCUT2D eigenvalue weighted by atomic mass is 35.5. The zero-order valence-electron chi connectivity index (χ0n) is 12.0. The second kappa shape index (κ2) is 8.68. The Hall–Kier alpha value is -1.54. The van der Waals surface area contributed by atoms with Crippen molar-refractivity contribution in [2.24, 2.45) is 5.73 Å². The number of carbonyl (C=O) groups is 2. The van der Waals surface area contributed by atoms with E-state index in [0.29, 0.717) is 12.5 Å². The molecule has 0 aromatic carbocycles. The number of unbranched alkanes of at least 4 members (excludes halogenated alkanes) is 2. The Morgan fingerprint density at radius 1 is 1.38 bits per heavy atom. The fraction of sp³-hybridized carbons (Fsp3) is 0.583. The number of ether oxygens (including phenoxy) is 1. The van der Waals surface area contributed by atoms with Crippen LogP contribution in [0.3, 0.4) is 0 Å². The summed E-state index contributed by atoms with van der Waals surface area (Å²) in [6.45, 7) is 0.419. The van der Waals surface area contributed by atoms with Gasteiger partial charge in [-0.05, 0) is 30.8 Å². The van der Waals surface area contributed by atoms with E-state index in [0.717, 1.165) is 30.8 Å². The first-order chi connectivity index (χ1) is 9.97. The van der Waals surface area contributed by atoms with Crippen molar-refractivity contribution in [1.82, 2.24) is 9.27 Å². The number of hydrogen-bond donors (Lipinski definition) is 2. The third kappa shape index (κ3) is 5.39. The molecule has 0 atom stereocenters. The SMILES string of the molecule is CN(C)C(=O)Nc1snc(OCCCCCCl)c1C(N)=O. The van der Waals surface area contributed by atoms with E-state index in [2.05, 4.69) is 9.69 Å². The number of halogens is 1.